The summed E-state index contributed by atoms with van der Waals surface area (Å²) < 4.78 is 7.99. The van der Waals surface area contributed by atoms with E-state index in [4.69, 9.17) is 4.74 Å². The van der Waals surface area contributed by atoms with Crippen molar-refractivity contribution in [2.24, 2.45) is 0 Å². The molecule has 7 heteroatoms. The molecular formula is C15H12BrN3O3. The number of hydrogen-bond acceptors (Lipinski definition) is 4. The molecule has 2 aromatic carbocycles. The summed E-state index contributed by atoms with van der Waals surface area (Å²) in [4.78, 5) is 14.8. The quantitative estimate of drug-likeness (QED) is 0.510. The Morgan fingerprint density at radius 2 is 2.05 bits per heavy atom. The van der Waals surface area contributed by atoms with Crippen molar-refractivity contribution in [2.75, 3.05) is 0 Å². The van der Waals surface area contributed by atoms with E-state index in [2.05, 4.69) is 20.9 Å². The predicted octanol–water partition coefficient (Wildman–Crippen LogP) is 3.88. The number of aromatic nitrogens is 2. The first kappa shape index (κ1) is 14.7. The number of nitro groups is 1. The molecule has 3 aromatic rings. The molecule has 0 fully saturated rings. The van der Waals surface area contributed by atoms with Gasteiger partial charge in [0.15, 0.2) is 0 Å². The fourth-order valence-electron chi connectivity index (χ4n) is 2.15. The minimum absolute atomic E-state index is 0.0178. The lowest BCUT2D eigenvalue weighted by Gasteiger charge is -2.06. The van der Waals surface area contributed by atoms with E-state index < -0.39 is 4.92 Å². The Balaban J connectivity index is 1.80. The van der Waals surface area contributed by atoms with Crippen LogP contribution in [0.3, 0.4) is 0 Å². The lowest BCUT2D eigenvalue weighted by atomic mass is 10.2. The van der Waals surface area contributed by atoms with E-state index in [9.17, 15) is 10.1 Å². The predicted molar refractivity (Wildman–Crippen MR) is 85.3 cm³/mol. The Labute approximate surface area is 134 Å². The van der Waals surface area contributed by atoms with E-state index in [1.165, 1.54) is 12.1 Å². The van der Waals surface area contributed by atoms with Gasteiger partial charge in [0, 0.05) is 12.1 Å². The van der Waals surface area contributed by atoms with Gasteiger partial charge in [-0.05, 0) is 21.5 Å². The summed E-state index contributed by atoms with van der Waals surface area (Å²) >= 11 is 3.31. The number of benzene rings is 2. The molecule has 112 valence electrons. The van der Waals surface area contributed by atoms with Crippen molar-refractivity contribution >= 4 is 32.7 Å². The molecule has 0 aliphatic rings. The van der Waals surface area contributed by atoms with E-state index in [1.807, 2.05) is 30.3 Å². The molecule has 0 saturated carbocycles. The van der Waals surface area contributed by atoms with E-state index >= 15 is 0 Å². The van der Waals surface area contributed by atoms with E-state index in [1.54, 1.807) is 10.9 Å². The highest BCUT2D eigenvalue weighted by Gasteiger charge is 2.14. The zero-order valence-electron chi connectivity index (χ0n) is 11.5. The maximum atomic E-state index is 11.0. The maximum absolute atomic E-state index is 11.0. The van der Waals surface area contributed by atoms with Crippen LogP contribution in [0.4, 0.5) is 5.69 Å². The van der Waals surface area contributed by atoms with Gasteiger partial charge in [0.25, 0.3) is 5.69 Å². The monoisotopic (exact) mass is 361 g/mol. The number of halogens is 1. The number of fused-ring (bicyclic) bond motifs is 1. The molecule has 22 heavy (non-hydrogen) atoms. The van der Waals surface area contributed by atoms with Crippen LogP contribution in [-0.2, 0) is 18.1 Å². The second-order valence-corrected chi connectivity index (χ2v) is 5.58. The summed E-state index contributed by atoms with van der Waals surface area (Å²) in [6, 6.07) is 12.8. The third kappa shape index (κ3) is 3.00. The van der Waals surface area contributed by atoms with Crippen molar-refractivity contribution < 1.29 is 9.66 Å². The van der Waals surface area contributed by atoms with Crippen LogP contribution >= 0.6 is 15.9 Å². The number of nitro benzene ring substituents is 1. The molecule has 0 amide bonds. The second kappa shape index (κ2) is 6.25. The summed E-state index contributed by atoms with van der Waals surface area (Å²) in [5.74, 6) is 0. The van der Waals surface area contributed by atoms with E-state index in [0.29, 0.717) is 22.1 Å². The minimum Gasteiger partial charge on any atom is -0.356 e. The molecule has 0 N–H and O–H groups in total. The van der Waals surface area contributed by atoms with E-state index in [0.717, 1.165) is 5.56 Å². The van der Waals surface area contributed by atoms with Crippen LogP contribution in [0.5, 0.6) is 0 Å². The second-order valence-electron chi connectivity index (χ2n) is 4.73. The van der Waals surface area contributed by atoms with Gasteiger partial charge in [-0.25, -0.2) is 4.98 Å². The Morgan fingerprint density at radius 3 is 2.77 bits per heavy atom. The van der Waals surface area contributed by atoms with Crippen molar-refractivity contribution in [3.63, 3.8) is 0 Å². The normalized spacial score (nSPS) is 11.0. The van der Waals surface area contributed by atoms with Crippen molar-refractivity contribution in [1.29, 1.82) is 0 Å². The topological polar surface area (TPSA) is 70.2 Å². The summed E-state index contributed by atoms with van der Waals surface area (Å²) in [5.41, 5.74) is 2.42. The van der Waals surface area contributed by atoms with Crippen LogP contribution in [0.25, 0.3) is 11.0 Å². The van der Waals surface area contributed by atoms with Gasteiger partial charge in [-0.3, -0.25) is 10.1 Å². The van der Waals surface area contributed by atoms with E-state index in [-0.39, 0.29) is 12.4 Å². The molecule has 6 nitrogen and oxygen atoms in total. The fraction of sp³-hybridized carbons (Fsp3) is 0.133. The highest BCUT2D eigenvalue weighted by atomic mass is 79.9. The van der Waals surface area contributed by atoms with Crippen molar-refractivity contribution in [2.45, 2.75) is 13.3 Å². The largest absolute Gasteiger partial charge is 0.356 e. The van der Waals surface area contributed by atoms with Gasteiger partial charge < -0.3 is 9.30 Å². The smallest absolute Gasteiger partial charge is 0.272 e. The highest BCUT2D eigenvalue weighted by Crippen LogP contribution is 2.28. The van der Waals surface area contributed by atoms with Crippen LogP contribution in [-0.4, -0.2) is 14.5 Å². The van der Waals surface area contributed by atoms with Gasteiger partial charge in [-0.1, -0.05) is 30.3 Å². The number of imidazole rings is 1. The summed E-state index contributed by atoms with van der Waals surface area (Å²) in [6.45, 7) is 0.746. The number of nitrogens with zero attached hydrogens (tertiary/aromatic N) is 3. The molecule has 0 bridgehead atoms. The molecule has 0 aliphatic heterocycles. The van der Waals surface area contributed by atoms with Crippen LogP contribution in [0, 0.1) is 10.1 Å². The number of non-ortho nitro benzene ring substituents is 1. The molecule has 0 spiro atoms. The van der Waals surface area contributed by atoms with Crippen molar-refractivity contribution in [3.8, 4) is 0 Å². The molecule has 1 heterocycles. The van der Waals surface area contributed by atoms with Crippen molar-refractivity contribution in [3.05, 3.63) is 68.9 Å². The minimum atomic E-state index is -0.424. The fourth-order valence-corrected chi connectivity index (χ4v) is 2.69. The highest BCUT2D eigenvalue weighted by molar-refractivity contribution is 9.10. The average molecular weight is 362 g/mol. The van der Waals surface area contributed by atoms with Gasteiger partial charge in [-0.15, -0.1) is 0 Å². The first-order valence-electron chi connectivity index (χ1n) is 6.55. The Bertz CT molecular complexity index is 818. The lowest BCUT2D eigenvalue weighted by Crippen LogP contribution is -2.01. The van der Waals surface area contributed by atoms with Crippen LogP contribution < -0.4 is 0 Å². The molecule has 0 atom stereocenters. The molecule has 0 saturated heterocycles. The third-order valence-corrected chi connectivity index (χ3v) is 3.82. The zero-order valence-corrected chi connectivity index (χ0v) is 13.1. The SMILES string of the molecule is O=[N+]([O-])c1cc(Br)c2ncn(COCc3ccccc3)c2c1. The molecule has 1 aromatic heterocycles. The number of ether oxygens (including phenoxy) is 1. The lowest BCUT2D eigenvalue weighted by molar-refractivity contribution is -0.384. The molecule has 0 unspecified atom stereocenters. The number of rotatable bonds is 5. The number of hydrogen-bond donors (Lipinski definition) is 0. The zero-order chi connectivity index (χ0) is 15.5. The van der Waals surface area contributed by atoms with Gasteiger partial charge in [0.2, 0.25) is 0 Å². The maximum Gasteiger partial charge on any atom is 0.272 e. The van der Waals surface area contributed by atoms with Crippen LogP contribution in [0.15, 0.2) is 53.3 Å². The third-order valence-electron chi connectivity index (χ3n) is 3.22. The van der Waals surface area contributed by atoms with Crippen molar-refractivity contribution in [1.82, 2.24) is 9.55 Å². The summed E-state index contributed by atoms with van der Waals surface area (Å²) in [5, 5.41) is 11.0. The molecule has 0 radical (unpaired) electrons. The Kier molecular flexibility index (Phi) is 4.17. The molecular weight excluding hydrogens is 350 g/mol. The van der Waals surface area contributed by atoms with Crippen LogP contribution in [0.2, 0.25) is 0 Å². The Morgan fingerprint density at radius 1 is 1.27 bits per heavy atom. The van der Waals surface area contributed by atoms with Gasteiger partial charge >= 0.3 is 0 Å². The average Bonchev–Trinajstić information content (AvgIpc) is 2.92. The van der Waals surface area contributed by atoms with Crippen LogP contribution in [0.1, 0.15) is 5.56 Å². The summed E-state index contributed by atoms with van der Waals surface area (Å²) in [6.07, 6.45) is 1.62. The Hall–Kier alpha value is -2.25. The molecule has 3 rings (SSSR count). The standard InChI is InChI=1S/C15H12BrN3O3/c16-13-6-12(19(20)21)7-14-15(13)17-9-18(14)10-22-8-11-4-2-1-3-5-11/h1-7,9H,8,10H2. The first-order chi connectivity index (χ1) is 10.6. The van der Waals surface area contributed by atoms with Gasteiger partial charge in [0.1, 0.15) is 12.2 Å². The summed E-state index contributed by atoms with van der Waals surface area (Å²) in [7, 11) is 0. The van der Waals surface area contributed by atoms with Gasteiger partial charge in [-0.2, -0.15) is 0 Å². The molecule has 0 aliphatic carbocycles. The first-order valence-corrected chi connectivity index (χ1v) is 7.35. The van der Waals surface area contributed by atoms with Gasteiger partial charge in [0.05, 0.1) is 27.8 Å².